The largest absolute Gasteiger partial charge is 0.857 e. The number of hydrogen-bond acceptors (Lipinski definition) is 7. The molecule has 0 radical (unpaired) electrons. The molecule has 1 aliphatic carbocycles. The summed E-state index contributed by atoms with van der Waals surface area (Å²) < 4.78 is 20.9. The molecular weight excluding hydrogens is 453 g/mol. The van der Waals surface area contributed by atoms with Crippen LogP contribution in [0.3, 0.4) is 0 Å². The van der Waals surface area contributed by atoms with Crippen LogP contribution >= 0.6 is 11.3 Å². The highest BCUT2D eigenvalue weighted by Gasteiger charge is 2.35. The van der Waals surface area contributed by atoms with Gasteiger partial charge in [-0.05, 0) is 34.0 Å². The molecule has 9 heteroatoms. The second kappa shape index (κ2) is 8.03. The number of nitrogens with two attached hydrogens (primary N) is 1. The van der Waals surface area contributed by atoms with Crippen molar-refractivity contribution < 1.29 is 18.7 Å². The molecule has 0 unspecified atom stereocenters. The Labute approximate surface area is 197 Å². The lowest BCUT2D eigenvalue weighted by atomic mass is 9.99. The average molecular weight is 472 g/mol. The van der Waals surface area contributed by atoms with E-state index in [9.17, 15) is 9.50 Å². The standard InChI is InChI=1S/C25H18FN5O2S/c26-16-8-4-7-15(11-16)18-12-19(14-5-2-1-3-6-14)28-25-21(18)22(27)23(34-25)24(32)29-20-13-31(30-33-20)17-9-10-17/h1-8,11-13,17H,9-10H2,(H2-,27,29,30,32). The lowest BCUT2D eigenvalue weighted by Crippen LogP contribution is -2.32. The molecule has 3 aromatic heterocycles. The predicted octanol–water partition coefficient (Wildman–Crippen LogP) is 4.40. The Balaban J connectivity index is 1.52. The smallest absolute Gasteiger partial charge is 0.320 e. The number of benzene rings is 2. The SMILES string of the molecule is Nc1c(/C([O-])=N/c2c[n+](C3CC3)no2)sc2nc(-c3ccccc3)cc(-c3cccc(F)c3)c12. The molecule has 5 aromatic rings. The van der Waals surface area contributed by atoms with Gasteiger partial charge in [-0.2, -0.15) is 0 Å². The number of nitrogen functional groups attached to an aromatic ring is 1. The maximum absolute atomic E-state index is 14.1. The molecular formula is C25H18FN5O2S. The third-order valence-electron chi connectivity index (χ3n) is 5.70. The number of hydrogen-bond donors (Lipinski definition) is 1. The van der Waals surface area contributed by atoms with Gasteiger partial charge in [-0.3, -0.25) is 4.52 Å². The van der Waals surface area contributed by atoms with Crippen LogP contribution in [0.5, 0.6) is 0 Å². The van der Waals surface area contributed by atoms with Gasteiger partial charge in [0.05, 0.1) is 16.3 Å². The third-order valence-corrected chi connectivity index (χ3v) is 6.79. The lowest BCUT2D eigenvalue weighted by molar-refractivity contribution is -0.765. The first kappa shape index (κ1) is 20.5. The Hall–Kier alpha value is -4.11. The summed E-state index contributed by atoms with van der Waals surface area (Å²) in [6, 6.07) is 18.1. The fraction of sp³-hybridized carbons (Fsp3) is 0.120. The van der Waals surface area contributed by atoms with E-state index in [0.717, 1.165) is 29.7 Å². The molecule has 0 spiro atoms. The Morgan fingerprint density at radius 3 is 2.68 bits per heavy atom. The molecule has 0 amide bonds. The van der Waals surface area contributed by atoms with E-state index in [2.05, 4.69) is 10.3 Å². The predicted molar refractivity (Wildman–Crippen MR) is 126 cm³/mol. The van der Waals surface area contributed by atoms with Crippen LogP contribution in [-0.2, 0) is 0 Å². The van der Waals surface area contributed by atoms with Gasteiger partial charge >= 0.3 is 5.88 Å². The molecule has 1 aliphatic rings. The average Bonchev–Trinajstić information content (AvgIpc) is 3.51. The van der Waals surface area contributed by atoms with Gasteiger partial charge in [-0.15, -0.1) is 11.3 Å². The van der Waals surface area contributed by atoms with Crippen LogP contribution in [0.25, 0.3) is 32.6 Å². The van der Waals surface area contributed by atoms with E-state index in [0.29, 0.717) is 33.1 Å². The van der Waals surface area contributed by atoms with Crippen LogP contribution in [0.4, 0.5) is 16.0 Å². The molecule has 2 aromatic carbocycles. The molecule has 1 fully saturated rings. The van der Waals surface area contributed by atoms with Crippen molar-refractivity contribution in [1.82, 2.24) is 10.3 Å². The summed E-state index contributed by atoms with van der Waals surface area (Å²) in [4.78, 5) is 9.66. The minimum atomic E-state index is -0.536. The Kier molecular flexibility index (Phi) is 4.84. The number of pyridine rings is 1. The first-order valence-electron chi connectivity index (χ1n) is 10.8. The van der Waals surface area contributed by atoms with E-state index in [4.69, 9.17) is 15.2 Å². The molecule has 3 heterocycles. The summed E-state index contributed by atoms with van der Waals surface area (Å²) in [7, 11) is 0. The van der Waals surface area contributed by atoms with Crippen LogP contribution in [0.1, 0.15) is 23.8 Å². The van der Waals surface area contributed by atoms with Gasteiger partial charge in [0.25, 0.3) is 6.20 Å². The van der Waals surface area contributed by atoms with Crippen molar-refractivity contribution in [3.63, 3.8) is 0 Å². The Morgan fingerprint density at radius 1 is 1.12 bits per heavy atom. The highest BCUT2D eigenvalue weighted by molar-refractivity contribution is 7.21. The van der Waals surface area contributed by atoms with Gasteiger partial charge in [0.15, 0.2) is 6.04 Å². The van der Waals surface area contributed by atoms with Gasteiger partial charge < -0.3 is 10.8 Å². The maximum atomic E-state index is 14.1. The fourth-order valence-electron chi connectivity index (χ4n) is 3.88. The van der Waals surface area contributed by atoms with Gasteiger partial charge in [0.1, 0.15) is 10.6 Å². The minimum absolute atomic E-state index is 0.122. The van der Waals surface area contributed by atoms with Crippen LogP contribution in [0.2, 0.25) is 0 Å². The molecule has 168 valence electrons. The summed E-state index contributed by atoms with van der Waals surface area (Å²) >= 11 is 1.16. The first-order chi connectivity index (χ1) is 16.6. The molecule has 0 aliphatic heterocycles. The van der Waals surface area contributed by atoms with Crippen molar-refractivity contribution in [3.8, 4) is 22.4 Å². The zero-order chi connectivity index (χ0) is 23.2. The van der Waals surface area contributed by atoms with Crippen molar-refractivity contribution >= 4 is 39.0 Å². The monoisotopic (exact) mass is 471 g/mol. The highest BCUT2D eigenvalue weighted by Crippen LogP contribution is 2.41. The molecule has 34 heavy (non-hydrogen) atoms. The second-order valence-electron chi connectivity index (χ2n) is 8.12. The van der Waals surface area contributed by atoms with Gasteiger partial charge in [0.2, 0.25) is 5.27 Å². The summed E-state index contributed by atoms with van der Waals surface area (Å²) in [5, 5.41) is 17.5. The number of rotatable bonds is 5. The number of fused-ring (bicyclic) bond motifs is 1. The van der Waals surface area contributed by atoms with E-state index in [1.54, 1.807) is 23.0 Å². The number of thiophene rings is 1. The second-order valence-corrected chi connectivity index (χ2v) is 9.12. The number of aliphatic imine (C=N–C) groups is 1. The molecule has 0 atom stereocenters. The summed E-state index contributed by atoms with van der Waals surface area (Å²) in [5.74, 6) is -0.777. The zero-order valence-electron chi connectivity index (χ0n) is 17.8. The topological polar surface area (TPSA) is 104 Å². The van der Waals surface area contributed by atoms with Crippen molar-refractivity contribution in [3.05, 3.63) is 77.6 Å². The van der Waals surface area contributed by atoms with Crippen molar-refractivity contribution in [2.24, 2.45) is 4.99 Å². The minimum Gasteiger partial charge on any atom is -0.857 e. The van der Waals surface area contributed by atoms with Crippen LogP contribution < -0.4 is 15.5 Å². The van der Waals surface area contributed by atoms with Crippen LogP contribution in [-0.4, -0.2) is 16.2 Å². The normalized spacial score (nSPS) is 14.1. The number of aromatic nitrogens is 3. The van der Waals surface area contributed by atoms with Crippen molar-refractivity contribution in [2.45, 2.75) is 18.9 Å². The van der Waals surface area contributed by atoms with Crippen molar-refractivity contribution in [2.75, 3.05) is 5.73 Å². The Morgan fingerprint density at radius 2 is 1.91 bits per heavy atom. The third kappa shape index (κ3) is 3.69. The highest BCUT2D eigenvalue weighted by atomic mass is 32.1. The first-order valence-corrected chi connectivity index (χ1v) is 11.6. The van der Waals surface area contributed by atoms with Gasteiger partial charge in [0, 0.05) is 29.7 Å². The van der Waals surface area contributed by atoms with Crippen LogP contribution in [0, 0.1) is 5.82 Å². The summed E-state index contributed by atoms with van der Waals surface area (Å²) in [6.45, 7) is 0. The van der Waals surface area contributed by atoms with E-state index in [1.807, 2.05) is 36.4 Å². The Bertz CT molecular complexity index is 1560. The van der Waals surface area contributed by atoms with Gasteiger partial charge in [-0.25, -0.2) is 14.4 Å². The maximum Gasteiger partial charge on any atom is 0.320 e. The fourth-order valence-corrected chi connectivity index (χ4v) is 4.89. The summed E-state index contributed by atoms with van der Waals surface area (Å²) in [5.41, 5.74) is 9.67. The van der Waals surface area contributed by atoms with Crippen LogP contribution in [0.15, 0.2) is 76.4 Å². The number of halogens is 1. The molecule has 6 rings (SSSR count). The van der Waals surface area contributed by atoms with E-state index in [1.165, 1.54) is 12.1 Å². The van der Waals surface area contributed by atoms with Gasteiger partial charge in [-0.1, -0.05) is 42.5 Å². The molecule has 2 N–H and O–H groups in total. The molecule has 1 saturated carbocycles. The number of nitrogens with zero attached hydrogens (tertiary/aromatic N) is 4. The van der Waals surface area contributed by atoms with E-state index >= 15 is 0 Å². The van der Waals surface area contributed by atoms with E-state index in [-0.39, 0.29) is 22.3 Å². The van der Waals surface area contributed by atoms with E-state index < -0.39 is 5.90 Å². The number of anilines is 1. The quantitative estimate of drug-likeness (QED) is 0.232. The lowest BCUT2D eigenvalue weighted by Gasteiger charge is -2.10. The van der Waals surface area contributed by atoms with Crippen molar-refractivity contribution in [1.29, 1.82) is 0 Å². The molecule has 0 bridgehead atoms. The zero-order valence-corrected chi connectivity index (χ0v) is 18.6. The molecule has 0 saturated heterocycles. The summed E-state index contributed by atoms with van der Waals surface area (Å²) in [6.07, 6.45) is 3.68. The molecule has 7 nitrogen and oxygen atoms in total.